The van der Waals surface area contributed by atoms with E-state index in [0.29, 0.717) is 12.1 Å². The van der Waals surface area contributed by atoms with Crippen LogP contribution in [0.15, 0.2) is 54.7 Å². The van der Waals surface area contributed by atoms with Gasteiger partial charge in [0.05, 0.1) is 12.7 Å². The summed E-state index contributed by atoms with van der Waals surface area (Å²) in [4.78, 5) is 16.0. The Morgan fingerprint density at radius 3 is 2.74 bits per heavy atom. The van der Waals surface area contributed by atoms with Gasteiger partial charge in [0.15, 0.2) is 0 Å². The monoisotopic (exact) mass is 326 g/mol. The van der Waals surface area contributed by atoms with E-state index in [-0.39, 0.29) is 11.1 Å². The molecule has 0 atom stereocenters. The van der Waals surface area contributed by atoms with Crippen LogP contribution in [0.1, 0.15) is 15.9 Å². The maximum atomic E-state index is 12.1. The fourth-order valence-corrected chi connectivity index (χ4v) is 2.55. The molecular formula is C18H15ClN2O2. The number of methoxy groups -OCH3 is 1. The molecule has 0 fully saturated rings. The highest BCUT2D eigenvalue weighted by molar-refractivity contribution is 6.32. The Balaban J connectivity index is 1.74. The molecule has 0 aliphatic rings. The summed E-state index contributed by atoms with van der Waals surface area (Å²) in [6, 6.07) is 15.3. The van der Waals surface area contributed by atoms with Crippen molar-refractivity contribution in [3.05, 3.63) is 71.0 Å². The molecule has 0 aliphatic heterocycles. The van der Waals surface area contributed by atoms with E-state index in [2.05, 4.69) is 10.3 Å². The normalized spacial score (nSPS) is 10.5. The third-order valence-electron chi connectivity index (χ3n) is 3.57. The van der Waals surface area contributed by atoms with Crippen molar-refractivity contribution in [2.75, 3.05) is 7.11 Å². The fraction of sp³-hybridized carbons (Fsp3) is 0.111. The van der Waals surface area contributed by atoms with E-state index < -0.39 is 0 Å². The van der Waals surface area contributed by atoms with Crippen LogP contribution < -0.4 is 10.1 Å². The second kappa shape index (κ2) is 6.67. The Morgan fingerprint density at radius 1 is 1.17 bits per heavy atom. The van der Waals surface area contributed by atoms with Crippen LogP contribution in [-0.2, 0) is 6.54 Å². The van der Waals surface area contributed by atoms with E-state index in [9.17, 15) is 4.79 Å². The van der Waals surface area contributed by atoms with Gasteiger partial charge in [-0.3, -0.25) is 4.79 Å². The number of hydrogen-bond acceptors (Lipinski definition) is 3. The molecule has 0 bridgehead atoms. The molecule has 0 saturated carbocycles. The number of nitrogens with zero attached hydrogens (tertiary/aromatic N) is 1. The van der Waals surface area contributed by atoms with Gasteiger partial charge < -0.3 is 10.1 Å². The zero-order valence-electron chi connectivity index (χ0n) is 12.5. The molecule has 0 unspecified atom stereocenters. The number of nitrogens with one attached hydrogen (secondary N) is 1. The number of carbonyl (C=O) groups excluding carboxylic acids is 1. The summed E-state index contributed by atoms with van der Waals surface area (Å²) in [5.74, 6) is 0.586. The Hall–Kier alpha value is -2.59. The highest BCUT2D eigenvalue weighted by atomic mass is 35.5. The highest BCUT2D eigenvalue weighted by Crippen LogP contribution is 2.22. The molecular weight excluding hydrogens is 312 g/mol. The summed E-state index contributed by atoms with van der Waals surface area (Å²) >= 11 is 5.92. The molecule has 2 aromatic carbocycles. The van der Waals surface area contributed by atoms with Crippen LogP contribution in [0.3, 0.4) is 0 Å². The van der Waals surface area contributed by atoms with Crippen molar-refractivity contribution in [3.8, 4) is 5.75 Å². The van der Waals surface area contributed by atoms with Crippen molar-refractivity contribution in [2.24, 2.45) is 0 Å². The zero-order chi connectivity index (χ0) is 16.2. The summed E-state index contributed by atoms with van der Waals surface area (Å²) < 4.78 is 5.22. The number of ether oxygens (including phenoxy) is 1. The van der Waals surface area contributed by atoms with Gasteiger partial charge >= 0.3 is 0 Å². The number of halogens is 1. The Labute approximate surface area is 139 Å². The third kappa shape index (κ3) is 3.43. The molecule has 0 spiro atoms. The summed E-state index contributed by atoms with van der Waals surface area (Å²) in [6.45, 7) is 0.423. The van der Waals surface area contributed by atoms with Crippen molar-refractivity contribution >= 4 is 28.3 Å². The van der Waals surface area contributed by atoms with E-state index in [4.69, 9.17) is 16.3 Å². The smallest absolute Gasteiger partial charge is 0.254 e. The molecule has 3 aromatic rings. The van der Waals surface area contributed by atoms with Crippen LogP contribution in [0.2, 0.25) is 5.15 Å². The van der Waals surface area contributed by atoms with Crippen molar-refractivity contribution in [1.29, 1.82) is 0 Å². The summed E-state index contributed by atoms with van der Waals surface area (Å²) in [5.41, 5.74) is 1.38. The Morgan fingerprint density at radius 2 is 1.96 bits per heavy atom. The number of rotatable bonds is 4. The van der Waals surface area contributed by atoms with Gasteiger partial charge in [0.1, 0.15) is 10.9 Å². The fourth-order valence-electron chi connectivity index (χ4n) is 2.34. The second-order valence-electron chi connectivity index (χ2n) is 5.07. The topological polar surface area (TPSA) is 51.2 Å². The van der Waals surface area contributed by atoms with Crippen molar-refractivity contribution < 1.29 is 9.53 Å². The molecule has 1 aromatic heterocycles. The van der Waals surface area contributed by atoms with Crippen LogP contribution in [0.5, 0.6) is 5.75 Å². The Kier molecular flexibility index (Phi) is 4.44. The molecule has 116 valence electrons. The number of amides is 1. The number of pyridine rings is 1. The van der Waals surface area contributed by atoms with Crippen LogP contribution in [0.25, 0.3) is 10.8 Å². The number of hydrogen-bond donors (Lipinski definition) is 1. The van der Waals surface area contributed by atoms with Gasteiger partial charge in [0.25, 0.3) is 5.91 Å². The van der Waals surface area contributed by atoms with Crippen LogP contribution >= 0.6 is 11.6 Å². The first-order valence-corrected chi connectivity index (χ1v) is 7.50. The van der Waals surface area contributed by atoms with Gasteiger partial charge in [-0.25, -0.2) is 4.98 Å². The van der Waals surface area contributed by atoms with Gasteiger partial charge in [0.2, 0.25) is 0 Å². The van der Waals surface area contributed by atoms with Gasteiger partial charge in [-0.1, -0.05) is 29.8 Å². The lowest BCUT2D eigenvalue weighted by atomic mass is 10.1. The molecule has 1 amide bonds. The number of benzene rings is 2. The highest BCUT2D eigenvalue weighted by Gasteiger charge is 2.10. The van der Waals surface area contributed by atoms with E-state index in [1.165, 1.54) is 0 Å². The molecule has 5 heteroatoms. The summed E-state index contributed by atoms with van der Waals surface area (Å²) in [5, 5.41) is 5.25. The van der Waals surface area contributed by atoms with Gasteiger partial charge in [-0.05, 0) is 46.7 Å². The number of carbonyl (C=O) groups is 1. The molecule has 23 heavy (non-hydrogen) atoms. The van der Waals surface area contributed by atoms with Crippen LogP contribution in [0, 0.1) is 0 Å². The number of fused-ring (bicyclic) bond motifs is 1. The third-order valence-corrected chi connectivity index (χ3v) is 3.87. The van der Waals surface area contributed by atoms with Crippen LogP contribution in [0.4, 0.5) is 0 Å². The minimum absolute atomic E-state index is 0.204. The number of aromatic nitrogens is 1. The van der Waals surface area contributed by atoms with Gasteiger partial charge in [0, 0.05) is 12.7 Å². The largest absolute Gasteiger partial charge is 0.497 e. The predicted octanol–water partition coefficient (Wildman–Crippen LogP) is 3.83. The quantitative estimate of drug-likeness (QED) is 0.741. The maximum absolute atomic E-state index is 12.1. The Bertz CT molecular complexity index is 865. The lowest BCUT2D eigenvalue weighted by Crippen LogP contribution is -2.23. The summed E-state index contributed by atoms with van der Waals surface area (Å²) in [7, 11) is 1.65. The molecule has 3 rings (SSSR count). The van der Waals surface area contributed by atoms with E-state index >= 15 is 0 Å². The summed E-state index contributed by atoms with van der Waals surface area (Å²) in [6.07, 6.45) is 1.55. The average molecular weight is 327 g/mol. The first-order valence-electron chi connectivity index (χ1n) is 7.13. The van der Waals surface area contributed by atoms with Crippen LogP contribution in [-0.4, -0.2) is 18.0 Å². The molecule has 4 nitrogen and oxygen atoms in total. The van der Waals surface area contributed by atoms with E-state index in [1.807, 2.05) is 36.4 Å². The second-order valence-corrected chi connectivity index (χ2v) is 5.43. The first kappa shape index (κ1) is 15.3. The predicted molar refractivity (Wildman–Crippen MR) is 90.9 cm³/mol. The maximum Gasteiger partial charge on any atom is 0.254 e. The van der Waals surface area contributed by atoms with Gasteiger partial charge in [-0.2, -0.15) is 0 Å². The molecule has 0 saturated heterocycles. The van der Waals surface area contributed by atoms with Crippen molar-refractivity contribution in [1.82, 2.24) is 10.3 Å². The van der Waals surface area contributed by atoms with E-state index in [0.717, 1.165) is 22.1 Å². The van der Waals surface area contributed by atoms with Gasteiger partial charge in [-0.15, -0.1) is 0 Å². The molecule has 0 radical (unpaired) electrons. The van der Waals surface area contributed by atoms with Crippen molar-refractivity contribution in [2.45, 2.75) is 6.54 Å². The minimum atomic E-state index is -0.238. The lowest BCUT2D eigenvalue weighted by Gasteiger charge is -2.08. The molecule has 1 heterocycles. The van der Waals surface area contributed by atoms with E-state index in [1.54, 1.807) is 25.4 Å². The SMILES string of the molecule is COc1ccc2cc(CNC(=O)c3cccnc3Cl)ccc2c1. The minimum Gasteiger partial charge on any atom is -0.497 e. The molecule has 1 N–H and O–H groups in total. The molecule has 0 aliphatic carbocycles. The first-order chi connectivity index (χ1) is 11.2. The lowest BCUT2D eigenvalue weighted by molar-refractivity contribution is 0.0950. The average Bonchev–Trinajstić information content (AvgIpc) is 2.59. The standard InChI is InChI=1S/C18H15ClN2O2/c1-23-15-7-6-13-9-12(4-5-14(13)10-15)11-21-18(22)16-3-2-8-20-17(16)19/h2-10H,11H2,1H3,(H,21,22). The zero-order valence-corrected chi connectivity index (χ0v) is 13.3. The van der Waals surface area contributed by atoms with Crippen molar-refractivity contribution in [3.63, 3.8) is 0 Å².